The molecular weight excluding hydrogens is 426 g/mol. The molecule has 0 aliphatic carbocycles. The van der Waals surface area contributed by atoms with E-state index in [9.17, 15) is 13.2 Å². The normalized spacial score (nSPS) is 16.8. The van der Waals surface area contributed by atoms with Gasteiger partial charge in [0.1, 0.15) is 13.2 Å². The first-order chi connectivity index (χ1) is 15.3. The maximum atomic E-state index is 12.9. The number of pyridine rings is 1. The van der Waals surface area contributed by atoms with Crippen molar-refractivity contribution in [1.29, 1.82) is 0 Å². The van der Waals surface area contributed by atoms with E-state index in [0.717, 1.165) is 16.8 Å². The minimum atomic E-state index is -3.37. The highest BCUT2D eigenvalue weighted by Gasteiger charge is 2.35. The summed E-state index contributed by atoms with van der Waals surface area (Å²) in [5.74, 6) is -0.686. The standard InChI is InChI=1S/C25H25NO5S/c1-17-14-18(2)26-24(30-15-19-8-4-3-5-9-19)22(17)16-31-25(27)21-12-13-32(28,29)23-11-7-6-10-20(21)23/h3-11,14,21H,12-13,15-16H2,1-2H3. The van der Waals surface area contributed by atoms with E-state index in [-0.39, 0.29) is 23.7 Å². The number of rotatable bonds is 6. The number of fused-ring (bicyclic) bond motifs is 1. The number of hydrogen-bond donors (Lipinski definition) is 0. The summed E-state index contributed by atoms with van der Waals surface area (Å²) in [6.45, 7) is 4.17. The van der Waals surface area contributed by atoms with Gasteiger partial charge in [-0.15, -0.1) is 0 Å². The summed E-state index contributed by atoms with van der Waals surface area (Å²) in [4.78, 5) is 17.7. The predicted molar refractivity (Wildman–Crippen MR) is 120 cm³/mol. The summed E-state index contributed by atoms with van der Waals surface area (Å²) in [7, 11) is -3.37. The monoisotopic (exact) mass is 451 g/mol. The van der Waals surface area contributed by atoms with Gasteiger partial charge in [0.05, 0.1) is 22.1 Å². The Morgan fingerprint density at radius 1 is 1.03 bits per heavy atom. The first-order valence-electron chi connectivity index (χ1n) is 10.5. The Labute approximate surface area is 188 Å². The molecule has 0 fully saturated rings. The molecule has 1 aliphatic heterocycles. The van der Waals surface area contributed by atoms with Gasteiger partial charge in [0, 0.05) is 5.69 Å². The van der Waals surface area contributed by atoms with Gasteiger partial charge in [0.15, 0.2) is 9.84 Å². The van der Waals surface area contributed by atoms with E-state index in [2.05, 4.69) is 4.98 Å². The Balaban J connectivity index is 1.52. The Hall–Kier alpha value is -3.19. The van der Waals surface area contributed by atoms with Crippen LogP contribution in [0.5, 0.6) is 5.88 Å². The third-order valence-corrected chi connectivity index (χ3v) is 7.42. The number of carbonyl (C=O) groups excluding carboxylic acids is 1. The van der Waals surface area contributed by atoms with Crippen LogP contribution in [0.2, 0.25) is 0 Å². The van der Waals surface area contributed by atoms with E-state index in [1.54, 1.807) is 24.3 Å². The lowest BCUT2D eigenvalue weighted by Crippen LogP contribution is -2.26. The Kier molecular flexibility index (Phi) is 6.28. The predicted octanol–water partition coefficient (Wildman–Crippen LogP) is 4.28. The van der Waals surface area contributed by atoms with Crippen LogP contribution in [-0.4, -0.2) is 25.1 Å². The lowest BCUT2D eigenvalue weighted by atomic mass is 9.96. The van der Waals surface area contributed by atoms with Crippen molar-refractivity contribution < 1.29 is 22.7 Å². The number of aromatic nitrogens is 1. The van der Waals surface area contributed by atoms with Crippen LogP contribution in [-0.2, 0) is 32.6 Å². The molecule has 2 aromatic carbocycles. The second-order valence-electron chi connectivity index (χ2n) is 7.94. The van der Waals surface area contributed by atoms with Gasteiger partial charge in [-0.25, -0.2) is 13.4 Å². The smallest absolute Gasteiger partial charge is 0.313 e. The molecule has 166 valence electrons. The molecule has 0 radical (unpaired) electrons. The van der Waals surface area contributed by atoms with Crippen molar-refractivity contribution >= 4 is 15.8 Å². The summed E-state index contributed by atoms with van der Waals surface area (Å²) in [5.41, 5.74) is 3.95. The maximum absolute atomic E-state index is 12.9. The number of hydrogen-bond acceptors (Lipinski definition) is 6. The van der Waals surface area contributed by atoms with Gasteiger partial charge < -0.3 is 9.47 Å². The van der Waals surface area contributed by atoms with Crippen molar-refractivity contribution in [2.24, 2.45) is 0 Å². The Morgan fingerprint density at radius 2 is 1.75 bits per heavy atom. The van der Waals surface area contributed by atoms with Crippen LogP contribution < -0.4 is 4.74 Å². The van der Waals surface area contributed by atoms with E-state index >= 15 is 0 Å². The Bertz CT molecular complexity index is 1240. The number of esters is 1. The molecule has 2 heterocycles. The number of aryl methyl sites for hydroxylation is 2. The van der Waals surface area contributed by atoms with Gasteiger partial charge in [-0.3, -0.25) is 4.79 Å². The maximum Gasteiger partial charge on any atom is 0.313 e. The fraction of sp³-hybridized carbons (Fsp3) is 0.280. The van der Waals surface area contributed by atoms with Crippen LogP contribution >= 0.6 is 0 Å². The SMILES string of the molecule is Cc1cc(C)c(COC(=O)C2CCS(=O)(=O)c3ccccc32)c(OCc2ccccc2)n1. The average molecular weight is 452 g/mol. The van der Waals surface area contributed by atoms with E-state index in [4.69, 9.17) is 9.47 Å². The van der Waals surface area contributed by atoms with Crippen molar-refractivity contribution in [3.05, 3.63) is 88.6 Å². The first kappa shape index (κ1) is 22.0. The van der Waals surface area contributed by atoms with Gasteiger partial charge in [0.2, 0.25) is 5.88 Å². The third-order valence-electron chi connectivity index (χ3n) is 5.60. The van der Waals surface area contributed by atoms with Crippen LogP contribution in [0.15, 0.2) is 65.6 Å². The molecule has 32 heavy (non-hydrogen) atoms. The van der Waals surface area contributed by atoms with Gasteiger partial charge in [-0.1, -0.05) is 48.5 Å². The lowest BCUT2D eigenvalue weighted by Gasteiger charge is -2.24. The van der Waals surface area contributed by atoms with Crippen LogP contribution in [0.3, 0.4) is 0 Å². The molecule has 1 unspecified atom stereocenters. The second kappa shape index (κ2) is 9.12. The number of carbonyl (C=O) groups is 1. The van der Waals surface area contributed by atoms with E-state index in [0.29, 0.717) is 23.6 Å². The minimum Gasteiger partial charge on any atom is -0.472 e. The lowest BCUT2D eigenvalue weighted by molar-refractivity contribution is -0.147. The van der Waals surface area contributed by atoms with Crippen molar-refractivity contribution in [2.75, 3.05) is 5.75 Å². The molecule has 6 nitrogen and oxygen atoms in total. The van der Waals surface area contributed by atoms with Crippen LogP contribution in [0, 0.1) is 13.8 Å². The largest absolute Gasteiger partial charge is 0.472 e. The first-order valence-corrected chi connectivity index (χ1v) is 12.1. The molecular formula is C25H25NO5S. The number of benzene rings is 2. The molecule has 0 N–H and O–H groups in total. The van der Waals surface area contributed by atoms with Crippen molar-refractivity contribution in [1.82, 2.24) is 4.98 Å². The summed E-state index contributed by atoms with van der Waals surface area (Å²) in [6, 6.07) is 18.3. The Morgan fingerprint density at radius 3 is 2.53 bits per heavy atom. The summed E-state index contributed by atoms with van der Waals surface area (Å²) in [6.07, 6.45) is 0.209. The quantitative estimate of drug-likeness (QED) is 0.520. The molecule has 1 atom stereocenters. The van der Waals surface area contributed by atoms with Crippen molar-refractivity contribution in [2.45, 2.75) is 44.3 Å². The highest BCUT2D eigenvalue weighted by atomic mass is 32.2. The topological polar surface area (TPSA) is 82.6 Å². The van der Waals surface area contributed by atoms with Crippen LogP contribution in [0.1, 0.15) is 40.3 Å². The van der Waals surface area contributed by atoms with Gasteiger partial charge >= 0.3 is 5.97 Å². The highest BCUT2D eigenvalue weighted by Crippen LogP contribution is 2.35. The number of sulfone groups is 1. The molecule has 0 spiro atoms. The zero-order chi connectivity index (χ0) is 22.7. The fourth-order valence-electron chi connectivity index (χ4n) is 3.93. The van der Waals surface area contributed by atoms with Crippen molar-refractivity contribution in [3.8, 4) is 5.88 Å². The fourth-order valence-corrected chi connectivity index (χ4v) is 5.55. The van der Waals surface area contributed by atoms with E-state index in [1.165, 1.54) is 0 Å². The van der Waals surface area contributed by atoms with E-state index in [1.807, 2.05) is 50.2 Å². The molecule has 0 bridgehead atoms. The van der Waals surface area contributed by atoms with Crippen LogP contribution in [0.4, 0.5) is 0 Å². The molecule has 1 aliphatic rings. The van der Waals surface area contributed by atoms with Crippen LogP contribution in [0.25, 0.3) is 0 Å². The molecule has 0 amide bonds. The van der Waals surface area contributed by atoms with Crippen molar-refractivity contribution in [3.63, 3.8) is 0 Å². The summed E-state index contributed by atoms with van der Waals surface area (Å²) in [5, 5.41) is 0. The van der Waals surface area contributed by atoms with Gasteiger partial charge in [-0.2, -0.15) is 0 Å². The molecule has 0 saturated carbocycles. The summed E-state index contributed by atoms with van der Waals surface area (Å²) < 4.78 is 36.3. The second-order valence-corrected chi connectivity index (χ2v) is 10.0. The van der Waals surface area contributed by atoms with Gasteiger partial charge in [-0.05, 0) is 49.1 Å². The third kappa shape index (κ3) is 4.67. The summed E-state index contributed by atoms with van der Waals surface area (Å²) >= 11 is 0. The molecule has 1 aromatic heterocycles. The minimum absolute atomic E-state index is 0.00743. The highest BCUT2D eigenvalue weighted by molar-refractivity contribution is 7.91. The average Bonchev–Trinajstić information content (AvgIpc) is 2.77. The zero-order valence-electron chi connectivity index (χ0n) is 18.1. The molecule has 4 rings (SSSR count). The molecule has 7 heteroatoms. The number of ether oxygens (including phenoxy) is 2. The zero-order valence-corrected chi connectivity index (χ0v) is 18.9. The molecule has 0 saturated heterocycles. The van der Waals surface area contributed by atoms with E-state index < -0.39 is 21.7 Å². The molecule has 3 aromatic rings. The number of nitrogens with zero attached hydrogens (tertiary/aromatic N) is 1. The van der Waals surface area contributed by atoms with Gasteiger partial charge in [0.25, 0.3) is 0 Å².